The normalized spacial score (nSPS) is 10.5. The maximum absolute atomic E-state index is 5.73. The first kappa shape index (κ1) is 11.7. The molecule has 3 heteroatoms. The van der Waals surface area contributed by atoms with Crippen molar-refractivity contribution in [1.29, 1.82) is 0 Å². The van der Waals surface area contributed by atoms with Crippen LogP contribution in [0, 0.1) is 6.92 Å². The molecule has 0 atom stereocenters. The van der Waals surface area contributed by atoms with Crippen molar-refractivity contribution in [3.8, 4) is 5.75 Å². The van der Waals surface area contributed by atoms with Crippen molar-refractivity contribution in [1.82, 2.24) is 5.32 Å². The van der Waals surface area contributed by atoms with Crippen LogP contribution >= 0.6 is 0 Å². The smallest absolute Gasteiger partial charge is 0.124 e. The summed E-state index contributed by atoms with van der Waals surface area (Å²) < 4.78 is 11.1. The highest BCUT2D eigenvalue weighted by Crippen LogP contribution is 2.17. The van der Waals surface area contributed by atoms with Gasteiger partial charge in [0.2, 0.25) is 0 Å². The molecular formula is C14H17NO2. The van der Waals surface area contributed by atoms with Gasteiger partial charge in [0.05, 0.1) is 12.8 Å². The lowest BCUT2D eigenvalue weighted by Gasteiger charge is -2.06. The van der Waals surface area contributed by atoms with Crippen LogP contribution in [0.5, 0.6) is 5.75 Å². The van der Waals surface area contributed by atoms with E-state index in [1.807, 2.05) is 31.3 Å². The number of hydrogen-bond acceptors (Lipinski definition) is 3. The number of ether oxygens (including phenoxy) is 1. The van der Waals surface area contributed by atoms with Crippen LogP contribution in [-0.4, -0.2) is 7.05 Å². The molecule has 90 valence electrons. The minimum Gasteiger partial charge on any atom is -0.489 e. The highest BCUT2D eigenvalue weighted by molar-refractivity contribution is 5.28. The second kappa shape index (κ2) is 5.55. The monoisotopic (exact) mass is 231 g/mol. The van der Waals surface area contributed by atoms with Gasteiger partial charge in [-0.15, -0.1) is 0 Å². The fourth-order valence-electron chi connectivity index (χ4n) is 1.68. The molecule has 0 aliphatic rings. The van der Waals surface area contributed by atoms with Gasteiger partial charge in [0, 0.05) is 5.56 Å². The molecule has 0 unspecified atom stereocenters. The quantitative estimate of drug-likeness (QED) is 0.859. The average molecular weight is 231 g/mol. The zero-order valence-corrected chi connectivity index (χ0v) is 10.2. The van der Waals surface area contributed by atoms with E-state index in [-0.39, 0.29) is 0 Å². The van der Waals surface area contributed by atoms with Crippen molar-refractivity contribution in [3.63, 3.8) is 0 Å². The van der Waals surface area contributed by atoms with Crippen LogP contribution < -0.4 is 10.1 Å². The molecule has 1 N–H and O–H groups in total. The Balaban J connectivity index is 1.99. The van der Waals surface area contributed by atoms with Crippen molar-refractivity contribution in [2.24, 2.45) is 0 Å². The van der Waals surface area contributed by atoms with Crippen LogP contribution in [-0.2, 0) is 13.2 Å². The lowest BCUT2D eigenvalue weighted by Crippen LogP contribution is -2.07. The summed E-state index contributed by atoms with van der Waals surface area (Å²) in [7, 11) is 1.90. The number of furan rings is 1. The van der Waals surface area contributed by atoms with E-state index in [2.05, 4.69) is 18.3 Å². The van der Waals surface area contributed by atoms with Crippen LogP contribution in [0.25, 0.3) is 0 Å². The van der Waals surface area contributed by atoms with Gasteiger partial charge in [-0.3, -0.25) is 0 Å². The second-order valence-electron chi connectivity index (χ2n) is 4.00. The largest absolute Gasteiger partial charge is 0.489 e. The first-order chi connectivity index (χ1) is 8.29. The number of benzene rings is 1. The molecule has 1 aromatic carbocycles. The lowest BCUT2D eigenvalue weighted by molar-refractivity contribution is 0.301. The van der Waals surface area contributed by atoms with Gasteiger partial charge in [-0.1, -0.05) is 12.1 Å². The van der Waals surface area contributed by atoms with E-state index >= 15 is 0 Å². The van der Waals surface area contributed by atoms with Crippen molar-refractivity contribution < 1.29 is 9.15 Å². The molecule has 1 aromatic heterocycles. The third-order valence-electron chi connectivity index (χ3n) is 2.56. The van der Waals surface area contributed by atoms with Crippen LogP contribution in [0.3, 0.4) is 0 Å². The Bertz CT molecular complexity index is 477. The van der Waals surface area contributed by atoms with Crippen LogP contribution in [0.4, 0.5) is 0 Å². The van der Waals surface area contributed by atoms with Gasteiger partial charge in [0.25, 0.3) is 0 Å². The Morgan fingerprint density at radius 2 is 2.18 bits per heavy atom. The summed E-state index contributed by atoms with van der Waals surface area (Å²) in [6, 6.07) is 9.98. The molecule has 2 rings (SSSR count). The summed E-state index contributed by atoms with van der Waals surface area (Å²) in [4.78, 5) is 0. The topological polar surface area (TPSA) is 34.4 Å². The van der Waals surface area contributed by atoms with Crippen LogP contribution in [0.15, 0.2) is 41.0 Å². The van der Waals surface area contributed by atoms with Crippen LogP contribution in [0.1, 0.15) is 16.9 Å². The van der Waals surface area contributed by atoms with Crippen molar-refractivity contribution in [2.45, 2.75) is 20.1 Å². The third-order valence-corrected chi connectivity index (χ3v) is 2.56. The second-order valence-corrected chi connectivity index (χ2v) is 4.00. The zero-order valence-electron chi connectivity index (χ0n) is 10.2. The standard InChI is InChI=1S/C14H17NO2/c1-11-4-3-5-13(8-11)17-10-12-6-7-16-14(12)9-15-2/h3-8,15H,9-10H2,1-2H3. The first-order valence-electron chi connectivity index (χ1n) is 5.69. The maximum Gasteiger partial charge on any atom is 0.124 e. The van der Waals surface area contributed by atoms with Gasteiger partial charge in [-0.2, -0.15) is 0 Å². The molecule has 2 aromatic rings. The predicted molar refractivity (Wildman–Crippen MR) is 67.0 cm³/mol. The zero-order chi connectivity index (χ0) is 12.1. The van der Waals surface area contributed by atoms with Gasteiger partial charge < -0.3 is 14.5 Å². The van der Waals surface area contributed by atoms with E-state index < -0.39 is 0 Å². The molecule has 0 bridgehead atoms. The summed E-state index contributed by atoms with van der Waals surface area (Å²) in [5.74, 6) is 1.82. The SMILES string of the molecule is CNCc1occc1COc1cccc(C)c1. The molecule has 0 fully saturated rings. The molecule has 0 spiro atoms. The number of aryl methyl sites for hydroxylation is 1. The van der Waals surface area contributed by atoms with E-state index in [0.29, 0.717) is 6.61 Å². The summed E-state index contributed by atoms with van der Waals surface area (Å²) in [5.41, 5.74) is 2.28. The molecule has 0 aliphatic heterocycles. The summed E-state index contributed by atoms with van der Waals surface area (Å²) >= 11 is 0. The van der Waals surface area contributed by atoms with Gasteiger partial charge >= 0.3 is 0 Å². The molecule has 0 saturated heterocycles. The van der Waals surface area contributed by atoms with Crippen molar-refractivity contribution >= 4 is 0 Å². The fourth-order valence-corrected chi connectivity index (χ4v) is 1.68. The highest BCUT2D eigenvalue weighted by atomic mass is 16.5. The molecule has 0 aliphatic carbocycles. The maximum atomic E-state index is 5.73. The van der Waals surface area contributed by atoms with Gasteiger partial charge in [-0.25, -0.2) is 0 Å². The predicted octanol–water partition coefficient (Wildman–Crippen LogP) is 2.89. The minimum atomic E-state index is 0.539. The number of rotatable bonds is 5. The molecule has 1 heterocycles. The van der Waals surface area contributed by atoms with Gasteiger partial charge in [0.1, 0.15) is 18.1 Å². The highest BCUT2D eigenvalue weighted by Gasteiger charge is 2.05. The van der Waals surface area contributed by atoms with E-state index in [9.17, 15) is 0 Å². The van der Waals surface area contributed by atoms with E-state index in [4.69, 9.17) is 9.15 Å². The number of nitrogens with one attached hydrogen (secondary N) is 1. The van der Waals surface area contributed by atoms with Crippen molar-refractivity contribution in [3.05, 3.63) is 53.5 Å². The average Bonchev–Trinajstić information content (AvgIpc) is 2.75. The summed E-state index contributed by atoms with van der Waals surface area (Å²) in [6.45, 7) is 3.31. The third kappa shape index (κ3) is 3.11. The lowest BCUT2D eigenvalue weighted by atomic mass is 10.2. The Kier molecular flexibility index (Phi) is 3.83. The summed E-state index contributed by atoms with van der Waals surface area (Å²) in [5, 5.41) is 3.07. The van der Waals surface area contributed by atoms with Crippen molar-refractivity contribution in [2.75, 3.05) is 7.05 Å². The van der Waals surface area contributed by atoms with Gasteiger partial charge in [0.15, 0.2) is 0 Å². The summed E-state index contributed by atoms with van der Waals surface area (Å²) in [6.07, 6.45) is 1.70. The van der Waals surface area contributed by atoms with E-state index in [0.717, 1.165) is 23.6 Å². The molecule has 17 heavy (non-hydrogen) atoms. The number of hydrogen-bond donors (Lipinski definition) is 1. The molecule has 0 radical (unpaired) electrons. The minimum absolute atomic E-state index is 0.539. The molecule has 3 nitrogen and oxygen atoms in total. The first-order valence-corrected chi connectivity index (χ1v) is 5.69. The fraction of sp³-hybridized carbons (Fsp3) is 0.286. The van der Waals surface area contributed by atoms with E-state index in [1.165, 1.54) is 5.56 Å². The Morgan fingerprint density at radius 3 is 2.94 bits per heavy atom. The molecule has 0 saturated carbocycles. The molecule has 0 amide bonds. The molecular weight excluding hydrogens is 214 g/mol. The Hall–Kier alpha value is -1.74. The Labute approximate surface area is 101 Å². The van der Waals surface area contributed by atoms with Gasteiger partial charge in [-0.05, 0) is 37.7 Å². The Morgan fingerprint density at radius 1 is 1.29 bits per heavy atom. The van der Waals surface area contributed by atoms with Crippen LogP contribution in [0.2, 0.25) is 0 Å². The van der Waals surface area contributed by atoms with E-state index in [1.54, 1.807) is 6.26 Å².